The van der Waals surface area contributed by atoms with Crippen LogP contribution in [0.4, 0.5) is 0 Å². The third kappa shape index (κ3) is 5.96. The van der Waals surface area contributed by atoms with Gasteiger partial charge < -0.3 is 23.9 Å². The summed E-state index contributed by atoms with van der Waals surface area (Å²) < 4.78 is 21.8. The number of fused-ring (bicyclic) bond motifs is 3. The fourth-order valence-corrected chi connectivity index (χ4v) is 3.86. The Kier molecular flexibility index (Phi) is 7.82. The van der Waals surface area contributed by atoms with E-state index in [2.05, 4.69) is 15.3 Å². The van der Waals surface area contributed by atoms with Gasteiger partial charge >= 0.3 is 5.97 Å². The lowest BCUT2D eigenvalue weighted by Gasteiger charge is -2.09. The number of carbonyl (C=O) groups excluding carboxylic acids is 2. The first kappa shape index (κ1) is 23.4. The summed E-state index contributed by atoms with van der Waals surface area (Å²) in [6.45, 7) is 2.71. The van der Waals surface area contributed by atoms with E-state index < -0.39 is 11.9 Å². The van der Waals surface area contributed by atoms with E-state index in [-0.39, 0.29) is 25.5 Å². The summed E-state index contributed by atoms with van der Waals surface area (Å²) >= 11 is 1.17. The maximum atomic E-state index is 12.1. The lowest BCUT2D eigenvalue weighted by atomic mass is 10.2. The van der Waals surface area contributed by atoms with Crippen LogP contribution in [-0.2, 0) is 14.3 Å². The molecule has 0 atom stereocenters. The molecule has 0 radical (unpaired) electrons. The van der Waals surface area contributed by atoms with Crippen molar-refractivity contribution in [1.29, 1.82) is 0 Å². The van der Waals surface area contributed by atoms with Gasteiger partial charge in [-0.2, -0.15) is 0 Å². The molecule has 4 aromatic rings. The van der Waals surface area contributed by atoms with Gasteiger partial charge in [-0.05, 0) is 43.3 Å². The maximum absolute atomic E-state index is 12.1. The van der Waals surface area contributed by atoms with Gasteiger partial charge in [0.25, 0.3) is 5.91 Å². The minimum atomic E-state index is -0.534. The summed E-state index contributed by atoms with van der Waals surface area (Å²) in [4.78, 5) is 32.5. The summed E-state index contributed by atoms with van der Waals surface area (Å²) in [7, 11) is 0. The molecule has 1 N–H and O–H groups in total. The first-order valence-corrected chi connectivity index (χ1v) is 11.7. The number of hydrogen-bond donors (Lipinski definition) is 1. The molecule has 2 aromatic heterocycles. The minimum absolute atomic E-state index is 0.0166. The number of thioether (sulfide) groups is 1. The van der Waals surface area contributed by atoms with Crippen molar-refractivity contribution in [3.63, 3.8) is 0 Å². The Balaban J connectivity index is 1.17. The molecule has 2 aromatic carbocycles. The molecular formula is C24H23N3O6S. The van der Waals surface area contributed by atoms with Crippen LogP contribution in [0, 0.1) is 0 Å². The number of ether oxygens (including phenoxy) is 3. The zero-order chi connectivity index (χ0) is 23.8. The van der Waals surface area contributed by atoms with E-state index in [0.29, 0.717) is 34.1 Å². The van der Waals surface area contributed by atoms with Crippen molar-refractivity contribution in [3.8, 4) is 11.5 Å². The van der Waals surface area contributed by atoms with Crippen LogP contribution in [0.1, 0.15) is 6.92 Å². The average Bonchev–Trinajstić information content (AvgIpc) is 3.24. The SMILES string of the molecule is CCOc1ccc(OCCNC(=O)COC(=O)CSc2ncnc3c2oc2ccccc23)cc1. The highest BCUT2D eigenvalue weighted by molar-refractivity contribution is 8.00. The molecule has 176 valence electrons. The molecule has 0 aliphatic rings. The fourth-order valence-electron chi connectivity index (χ4n) is 3.13. The molecule has 2 heterocycles. The molecule has 0 aliphatic carbocycles. The Labute approximate surface area is 199 Å². The number of nitrogens with zero attached hydrogens (tertiary/aromatic N) is 2. The van der Waals surface area contributed by atoms with Crippen molar-refractivity contribution in [3.05, 3.63) is 54.9 Å². The molecule has 0 unspecified atom stereocenters. The highest BCUT2D eigenvalue weighted by Gasteiger charge is 2.15. The summed E-state index contributed by atoms with van der Waals surface area (Å²) in [5.74, 6) is 0.482. The van der Waals surface area contributed by atoms with Gasteiger partial charge in [0.2, 0.25) is 0 Å². The monoisotopic (exact) mass is 481 g/mol. The molecular weight excluding hydrogens is 458 g/mol. The summed E-state index contributed by atoms with van der Waals surface area (Å²) in [5, 5.41) is 4.06. The molecule has 9 nitrogen and oxygen atoms in total. The highest BCUT2D eigenvalue weighted by Crippen LogP contribution is 2.32. The van der Waals surface area contributed by atoms with Crippen LogP contribution in [0.2, 0.25) is 0 Å². The van der Waals surface area contributed by atoms with E-state index in [0.717, 1.165) is 11.1 Å². The Bertz CT molecular complexity index is 1270. The first-order chi connectivity index (χ1) is 16.6. The van der Waals surface area contributed by atoms with Gasteiger partial charge in [0.1, 0.15) is 40.6 Å². The van der Waals surface area contributed by atoms with Gasteiger partial charge in [-0.15, -0.1) is 0 Å². The molecule has 34 heavy (non-hydrogen) atoms. The number of nitrogens with one attached hydrogen (secondary N) is 1. The van der Waals surface area contributed by atoms with Crippen molar-refractivity contribution < 1.29 is 28.2 Å². The molecule has 0 spiro atoms. The maximum Gasteiger partial charge on any atom is 0.316 e. The number of rotatable bonds is 11. The molecule has 4 rings (SSSR count). The summed E-state index contributed by atoms with van der Waals surface area (Å²) in [6, 6.07) is 14.8. The van der Waals surface area contributed by atoms with Crippen LogP contribution in [0.25, 0.3) is 22.1 Å². The second-order valence-corrected chi connectivity index (χ2v) is 7.97. The number of aromatic nitrogens is 2. The van der Waals surface area contributed by atoms with Gasteiger partial charge in [0, 0.05) is 5.39 Å². The number of hydrogen-bond acceptors (Lipinski definition) is 9. The Hall–Kier alpha value is -3.79. The first-order valence-electron chi connectivity index (χ1n) is 10.7. The summed E-state index contributed by atoms with van der Waals surface area (Å²) in [6.07, 6.45) is 1.43. The average molecular weight is 482 g/mol. The Morgan fingerprint density at radius 3 is 2.59 bits per heavy atom. The van der Waals surface area contributed by atoms with Crippen molar-refractivity contribution in [2.45, 2.75) is 11.9 Å². The smallest absolute Gasteiger partial charge is 0.316 e. The van der Waals surface area contributed by atoms with E-state index in [1.807, 2.05) is 43.3 Å². The normalized spacial score (nSPS) is 10.9. The minimum Gasteiger partial charge on any atom is -0.494 e. The molecule has 0 bridgehead atoms. The molecule has 0 saturated heterocycles. The van der Waals surface area contributed by atoms with Gasteiger partial charge in [-0.3, -0.25) is 9.59 Å². The zero-order valence-corrected chi connectivity index (χ0v) is 19.3. The Morgan fingerprint density at radius 1 is 1.03 bits per heavy atom. The lowest BCUT2D eigenvalue weighted by molar-refractivity contribution is -0.145. The van der Waals surface area contributed by atoms with Crippen molar-refractivity contribution in [1.82, 2.24) is 15.3 Å². The summed E-state index contributed by atoms with van der Waals surface area (Å²) in [5.41, 5.74) is 1.91. The second kappa shape index (κ2) is 11.4. The predicted octanol–water partition coefficient (Wildman–Crippen LogP) is 3.61. The standard InChI is InChI=1S/C24H23N3O6S/c1-2-30-16-7-9-17(10-8-16)31-12-11-25-20(28)13-32-21(29)14-34-24-23-22(26-15-27-24)18-5-3-4-6-19(18)33-23/h3-10,15H,2,11-14H2,1H3,(H,25,28). The largest absolute Gasteiger partial charge is 0.494 e. The molecule has 10 heteroatoms. The van der Waals surface area contributed by atoms with Crippen LogP contribution in [0.15, 0.2) is 64.3 Å². The fraction of sp³-hybridized carbons (Fsp3) is 0.250. The third-order valence-electron chi connectivity index (χ3n) is 4.64. The number of furan rings is 1. The molecule has 0 aliphatic heterocycles. The van der Waals surface area contributed by atoms with Crippen LogP contribution in [0.5, 0.6) is 11.5 Å². The highest BCUT2D eigenvalue weighted by atomic mass is 32.2. The van der Waals surface area contributed by atoms with Gasteiger partial charge in [0.05, 0.1) is 18.9 Å². The molecule has 0 saturated carbocycles. The van der Waals surface area contributed by atoms with E-state index in [1.54, 1.807) is 12.1 Å². The van der Waals surface area contributed by atoms with E-state index >= 15 is 0 Å². The van der Waals surface area contributed by atoms with Crippen molar-refractivity contribution in [2.75, 3.05) is 32.1 Å². The molecule has 1 amide bonds. The lowest BCUT2D eigenvalue weighted by Crippen LogP contribution is -2.32. The quantitative estimate of drug-likeness (QED) is 0.149. The third-order valence-corrected chi connectivity index (χ3v) is 5.59. The van der Waals surface area contributed by atoms with E-state index in [4.69, 9.17) is 18.6 Å². The van der Waals surface area contributed by atoms with Gasteiger partial charge in [-0.25, -0.2) is 9.97 Å². The van der Waals surface area contributed by atoms with Crippen molar-refractivity contribution >= 4 is 45.7 Å². The topological polar surface area (TPSA) is 113 Å². The second-order valence-electron chi connectivity index (χ2n) is 7.01. The van der Waals surface area contributed by atoms with Gasteiger partial charge in [-0.1, -0.05) is 23.9 Å². The number of amides is 1. The Morgan fingerprint density at radius 2 is 1.79 bits per heavy atom. The zero-order valence-electron chi connectivity index (χ0n) is 18.5. The predicted molar refractivity (Wildman–Crippen MR) is 127 cm³/mol. The molecule has 0 fully saturated rings. The van der Waals surface area contributed by atoms with Crippen LogP contribution in [0.3, 0.4) is 0 Å². The van der Waals surface area contributed by atoms with E-state index in [1.165, 1.54) is 18.1 Å². The van der Waals surface area contributed by atoms with Crippen LogP contribution < -0.4 is 14.8 Å². The number of para-hydroxylation sites is 1. The van der Waals surface area contributed by atoms with Gasteiger partial charge in [0.15, 0.2) is 12.2 Å². The van der Waals surface area contributed by atoms with Crippen molar-refractivity contribution in [2.24, 2.45) is 0 Å². The van der Waals surface area contributed by atoms with Crippen LogP contribution >= 0.6 is 11.8 Å². The number of carbonyl (C=O) groups is 2. The van der Waals surface area contributed by atoms with E-state index in [9.17, 15) is 9.59 Å². The number of esters is 1. The van der Waals surface area contributed by atoms with Crippen LogP contribution in [-0.4, -0.2) is 54.0 Å². The number of benzene rings is 2.